The van der Waals surface area contributed by atoms with Crippen molar-refractivity contribution in [2.24, 2.45) is 5.92 Å². The van der Waals surface area contributed by atoms with Crippen LogP contribution in [0.4, 0.5) is 4.79 Å². The third-order valence-corrected chi connectivity index (χ3v) is 3.76. The SMILES string of the molecule is CNC[C@H](CC1CCCCCC1)NC(=O)OC(C)(C)C. The van der Waals surface area contributed by atoms with E-state index in [1.807, 2.05) is 27.8 Å². The Kier molecular flexibility index (Phi) is 7.35. The van der Waals surface area contributed by atoms with Crippen LogP contribution in [0.5, 0.6) is 0 Å². The van der Waals surface area contributed by atoms with E-state index in [-0.39, 0.29) is 12.1 Å². The number of ether oxygens (including phenoxy) is 1. The minimum atomic E-state index is -0.434. The molecule has 2 N–H and O–H groups in total. The number of amides is 1. The predicted molar refractivity (Wildman–Crippen MR) is 82.9 cm³/mol. The Hall–Kier alpha value is -0.770. The summed E-state index contributed by atoms with van der Waals surface area (Å²) in [4.78, 5) is 11.9. The van der Waals surface area contributed by atoms with E-state index >= 15 is 0 Å². The van der Waals surface area contributed by atoms with E-state index < -0.39 is 5.60 Å². The standard InChI is InChI=1S/C16H32N2O2/c1-16(2,3)20-15(19)18-14(12-17-4)11-13-9-7-5-6-8-10-13/h13-14,17H,5-12H2,1-4H3,(H,18,19)/t14-/m0/s1. The van der Waals surface area contributed by atoms with Crippen LogP contribution in [0, 0.1) is 5.92 Å². The van der Waals surface area contributed by atoms with Crippen molar-refractivity contribution in [1.29, 1.82) is 0 Å². The fourth-order valence-corrected chi connectivity index (χ4v) is 2.92. The Morgan fingerprint density at radius 1 is 1.20 bits per heavy atom. The third-order valence-electron chi connectivity index (χ3n) is 3.76. The fourth-order valence-electron chi connectivity index (χ4n) is 2.92. The summed E-state index contributed by atoms with van der Waals surface area (Å²) < 4.78 is 5.35. The van der Waals surface area contributed by atoms with Crippen molar-refractivity contribution in [3.63, 3.8) is 0 Å². The van der Waals surface area contributed by atoms with E-state index in [1.54, 1.807) is 0 Å². The van der Waals surface area contributed by atoms with Crippen LogP contribution < -0.4 is 10.6 Å². The van der Waals surface area contributed by atoms with E-state index in [2.05, 4.69) is 10.6 Å². The van der Waals surface area contributed by atoms with Crippen molar-refractivity contribution in [2.45, 2.75) is 77.4 Å². The van der Waals surface area contributed by atoms with Crippen LogP contribution in [-0.4, -0.2) is 31.3 Å². The molecule has 0 aromatic heterocycles. The fraction of sp³-hybridized carbons (Fsp3) is 0.938. The molecule has 0 heterocycles. The van der Waals surface area contributed by atoms with Crippen LogP contribution in [-0.2, 0) is 4.74 Å². The molecule has 0 aliphatic heterocycles. The number of likely N-dealkylation sites (N-methyl/N-ethyl adjacent to an activating group) is 1. The summed E-state index contributed by atoms with van der Waals surface area (Å²) in [6, 6.07) is 0.165. The van der Waals surface area contributed by atoms with Gasteiger partial charge in [0.25, 0.3) is 0 Å². The Balaban J connectivity index is 2.44. The van der Waals surface area contributed by atoms with E-state index in [9.17, 15) is 4.79 Å². The summed E-state index contributed by atoms with van der Waals surface area (Å²) in [6.45, 7) is 6.48. The summed E-state index contributed by atoms with van der Waals surface area (Å²) in [7, 11) is 1.93. The highest BCUT2D eigenvalue weighted by Crippen LogP contribution is 2.26. The minimum Gasteiger partial charge on any atom is -0.444 e. The van der Waals surface area contributed by atoms with Gasteiger partial charge in [0, 0.05) is 12.6 Å². The molecular weight excluding hydrogens is 252 g/mol. The van der Waals surface area contributed by atoms with Crippen molar-refractivity contribution >= 4 is 6.09 Å². The van der Waals surface area contributed by atoms with Gasteiger partial charge in [-0.3, -0.25) is 0 Å². The summed E-state index contributed by atoms with van der Waals surface area (Å²) in [6.07, 6.45) is 8.77. The number of nitrogens with one attached hydrogen (secondary N) is 2. The van der Waals surface area contributed by atoms with Crippen LogP contribution in [0.25, 0.3) is 0 Å². The second kappa shape index (κ2) is 8.50. The average Bonchev–Trinajstić information content (AvgIpc) is 2.55. The lowest BCUT2D eigenvalue weighted by molar-refractivity contribution is 0.0496. The second-order valence-corrected chi connectivity index (χ2v) is 6.99. The molecule has 1 fully saturated rings. The molecule has 0 aromatic carbocycles. The lowest BCUT2D eigenvalue weighted by atomic mass is 9.92. The first-order chi connectivity index (χ1) is 9.40. The van der Waals surface area contributed by atoms with Crippen molar-refractivity contribution in [3.05, 3.63) is 0 Å². The number of carbonyl (C=O) groups excluding carboxylic acids is 1. The van der Waals surface area contributed by atoms with Gasteiger partial charge in [-0.2, -0.15) is 0 Å². The second-order valence-electron chi connectivity index (χ2n) is 6.99. The summed E-state index contributed by atoms with van der Waals surface area (Å²) >= 11 is 0. The number of carbonyl (C=O) groups is 1. The average molecular weight is 284 g/mol. The van der Waals surface area contributed by atoms with Crippen LogP contribution in [0.2, 0.25) is 0 Å². The van der Waals surface area contributed by atoms with Crippen LogP contribution in [0.3, 0.4) is 0 Å². The maximum Gasteiger partial charge on any atom is 0.407 e. The van der Waals surface area contributed by atoms with Crippen molar-refractivity contribution in [2.75, 3.05) is 13.6 Å². The molecule has 1 saturated carbocycles. The van der Waals surface area contributed by atoms with Gasteiger partial charge in [-0.25, -0.2) is 4.79 Å². The minimum absolute atomic E-state index is 0.165. The Bertz CT molecular complexity index is 279. The molecule has 118 valence electrons. The van der Waals surface area contributed by atoms with Crippen LogP contribution >= 0.6 is 0 Å². The van der Waals surface area contributed by atoms with E-state index in [0.717, 1.165) is 18.9 Å². The molecule has 1 aliphatic rings. The number of hydrogen-bond donors (Lipinski definition) is 2. The predicted octanol–water partition coefficient (Wildman–Crippen LogP) is 3.46. The highest BCUT2D eigenvalue weighted by molar-refractivity contribution is 5.68. The molecule has 0 radical (unpaired) electrons. The highest BCUT2D eigenvalue weighted by Gasteiger charge is 2.22. The number of alkyl carbamates (subject to hydrolysis) is 1. The van der Waals surface area contributed by atoms with E-state index in [1.165, 1.54) is 38.5 Å². The molecule has 0 saturated heterocycles. The number of rotatable bonds is 5. The maximum atomic E-state index is 11.9. The molecule has 4 heteroatoms. The smallest absolute Gasteiger partial charge is 0.407 e. The maximum absolute atomic E-state index is 11.9. The molecule has 1 aliphatic carbocycles. The zero-order valence-corrected chi connectivity index (χ0v) is 13.6. The summed E-state index contributed by atoms with van der Waals surface area (Å²) in [5.74, 6) is 0.741. The quantitative estimate of drug-likeness (QED) is 0.760. The highest BCUT2D eigenvalue weighted by atomic mass is 16.6. The largest absolute Gasteiger partial charge is 0.444 e. The van der Waals surface area contributed by atoms with E-state index in [4.69, 9.17) is 4.74 Å². The monoisotopic (exact) mass is 284 g/mol. The topological polar surface area (TPSA) is 50.4 Å². The Labute approximate surface area is 124 Å². The first kappa shape index (κ1) is 17.3. The molecule has 4 nitrogen and oxygen atoms in total. The Morgan fingerprint density at radius 3 is 2.30 bits per heavy atom. The summed E-state index contributed by atoms with van der Waals surface area (Å²) in [5.41, 5.74) is -0.434. The molecule has 0 bridgehead atoms. The normalized spacial score (nSPS) is 19.2. The molecule has 20 heavy (non-hydrogen) atoms. The zero-order valence-electron chi connectivity index (χ0n) is 13.6. The molecular formula is C16H32N2O2. The molecule has 0 aromatic rings. The molecule has 0 unspecified atom stereocenters. The van der Waals surface area contributed by atoms with Gasteiger partial charge in [0.15, 0.2) is 0 Å². The van der Waals surface area contributed by atoms with Crippen LogP contribution in [0.1, 0.15) is 65.7 Å². The van der Waals surface area contributed by atoms with Crippen molar-refractivity contribution in [3.8, 4) is 0 Å². The third kappa shape index (κ3) is 7.73. The van der Waals surface area contributed by atoms with Gasteiger partial charge in [0.05, 0.1) is 0 Å². The number of hydrogen-bond acceptors (Lipinski definition) is 3. The zero-order chi connectivity index (χ0) is 15.0. The van der Waals surface area contributed by atoms with Gasteiger partial charge < -0.3 is 15.4 Å². The molecule has 1 atom stereocenters. The van der Waals surface area contributed by atoms with Crippen molar-refractivity contribution in [1.82, 2.24) is 10.6 Å². The van der Waals surface area contributed by atoms with Gasteiger partial charge in [0.2, 0.25) is 0 Å². The lowest BCUT2D eigenvalue weighted by Crippen LogP contribution is -2.44. The van der Waals surface area contributed by atoms with Gasteiger partial charge in [-0.15, -0.1) is 0 Å². The summed E-state index contributed by atoms with van der Waals surface area (Å²) in [5, 5.41) is 6.19. The van der Waals surface area contributed by atoms with Gasteiger partial charge in [0.1, 0.15) is 5.60 Å². The van der Waals surface area contributed by atoms with Crippen LogP contribution in [0.15, 0.2) is 0 Å². The molecule has 0 spiro atoms. The first-order valence-electron chi connectivity index (χ1n) is 8.05. The van der Waals surface area contributed by atoms with Gasteiger partial charge in [-0.1, -0.05) is 38.5 Å². The molecule has 1 amide bonds. The molecule has 1 rings (SSSR count). The first-order valence-corrected chi connectivity index (χ1v) is 8.05. The van der Waals surface area contributed by atoms with Crippen molar-refractivity contribution < 1.29 is 9.53 Å². The van der Waals surface area contributed by atoms with Gasteiger partial charge in [-0.05, 0) is 40.2 Å². The van der Waals surface area contributed by atoms with E-state index in [0.29, 0.717) is 0 Å². The van der Waals surface area contributed by atoms with Gasteiger partial charge >= 0.3 is 6.09 Å². The lowest BCUT2D eigenvalue weighted by Gasteiger charge is -2.26. The Morgan fingerprint density at radius 2 is 1.80 bits per heavy atom.